The third-order valence-electron chi connectivity index (χ3n) is 4.82. The van der Waals surface area contributed by atoms with E-state index in [1.54, 1.807) is 0 Å². The Kier molecular flexibility index (Phi) is 5.01. The number of nitrogens with two attached hydrogens (primary N) is 1. The molecule has 0 amide bonds. The fourth-order valence-corrected chi connectivity index (χ4v) is 2.69. The molecular formula is C19H30BNO4. The van der Waals surface area contributed by atoms with E-state index in [-0.39, 0.29) is 12.4 Å². The monoisotopic (exact) mass is 347 g/mol. The van der Waals surface area contributed by atoms with Crippen LogP contribution in [-0.4, -0.2) is 29.9 Å². The van der Waals surface area contributed by atoms with Crippen molar-refractivity contribution in [3.63, 3.8) is 0 Å². The van der Waals surface area contributed by atoms with E-state index in [1.165, 1.54) is 0 Å². The van der Waals surface area contributed by atoms with Crippen molar-refractivity contribution >= 4 is 24.2 Å². The quantitative estimate of drug-likeness (QED) is 0.517. The van der Waals surface area contributed by atoms with Crippen LogP contribution < -0.4 is 11.2 Å². The second-order valence-electron chi connectivity index (χ2n) is 8.75. The lowest BCUT2D eigenvalue weighted by atomic mass is 9.75. The third-order valence-corrected chi connectivity index (χ3v) is 4.82. The van der Waals surface area contributed by atoms with Crippen LogP contribution >= 0.6 is 0 Å². The molecule has 1 aliphatic heterocycles. The Labute approximate surface area is 151 Å². The molecule has 1 heterocycles. The predicted molar refractivity (Wildman–Crippen MR) is 101 cm³/mol. The molecule has 1 aromatic rings. The minimum Gasteiger partial charge on any atom is -0.460 e. The van der Waals surface area contributed by atoms with Crippen LogP contribution in [0.25, 0.3) is 0 Å². The maximum absolute atomic E-state index is 12.1. The molecule has 0 saturated carbocycles. The summed E-state index contributed by atoms with van der Waals surface area (Å²) in [4.78, 5) is 12.1. The van der Waals surface area contributed by atoms with Crippen molar-refractivity contribution in [2.24, 2.45) is 0 Å². The minimum atomic E-state index is -0.512. The van der Waals surface area contributed by atoms with Gasteiger partial charge in [-0.15, -0.1) is 0 Å². The Balaban J connectivity index is 2.29. The first-order chi connectivity index (χ1) is 11.2. The number of carbonyl (C=O) groups excluding carboxylic acids is 1. The molecule has 0 bridgehead atoms. The molecule has 5 nitrogen and oxygen atoms in total. The van der Waals surface area contributed by atoms with Crippen molar-refractivity contribution in [3.8, 4) is 0 Å². The predicted octanol–water partition coefficient (Wildman–Crippen LogP) is 2.76. The number of esters is 1. The SMILES string of the molecule is Cc1c(N)cc(CC(=O)OC(C)(C)C)cc1B1OC(C)(C)C(C)(C)O1. The van der Waals surface area contributed by atoms with Crippen LogP contribution in [0, 0.1) is 6.92 Å². The average Bonchev–Trinajstić information content (AvgIpc) is 2.60. The van der Waals surface area contributed by atoms with Crippen molar-refractivity contribution < 1.29 is 18.8 Å². The highest BCUT2D eigenvalue weighted by Crippen LogP contribution is 2.37. The molecule has 1 fully saturated rings. The Morgan fingerprint density at radius 1 is 1.16 bits per heavy atom. The summed E-state index contributed by atoms with van der Waals surface area (Å²) in [5.41, 5.74) is 7.97. The lowest BCUT2D eigenvalue weighted by Gasteiger charge is -2.32. The second-order valence-corrected chi connectivity index (χ2v) is 8.75. The topological polar surface area (TPSA) is 70.8 Å². The first-order valence-corrected chi connectivity index (χ1v) is 8.68. The van der Waals surface area contributed by atoms with Crippen LogP contribution in [0.3, 0.4) is 0 Å². The number of anilines is 1. The van der Waals surface area contributed by atoms with Gasteiger partial charge in [-0.1, -0.05) is 6.07 Å². The number of carbonyl (C=O) groups is 1. The smallest absolute Gasteiger partial charge is 0.460 e. The van der Waals surface area contributed by atoms with E-state index in [0.29, 0.717) is 5.69 Å². The summed E-state index contributed by atoms with van der Waals surface area (Å²) in [6, 6.07) is 3.74. The normalized spacial score (nSPS) is 19.1. The lowest BCUT2D eigenvalue weighted by Crippen LogP contribution is -2.41. The van der Waals surface area contributed by atoms with Gasteiger partial charge < -0.3 is 19.8 Å². The van der Waals surface area contributed by atoms with Crippen LogP contribution in [0.2, 0.25) is 0 Å². The van der Waals surface area contributed by atoms with Crippen molar-refractivity contribution in [1.82, 2.24) is 0 Å². The zero-order chi connectivity index (χ0) is 19.2. The molecule has 0 aliphatic carbocycles. The average molecular weight is 347 g/mol. The molecule has 2 rings (SSSR count). The van der Waals surface area contributed by atoms with E-state index in [4.69, 9.17) is 19.8 Å². The summed E-state index contributed by atoms with van der Waals surface area (Å²) in [5, 5.41) is 0. The first-order valence-electron chi connectivity index (χ1n) is 8.68. The molecule has 2 N–H and O–H groups in total. The van der Waals surface area contributed by atoms with Crippen molar-refractivity contribution in [3.05, 3.63) is 23.3 Å². The van der Waals surface area contributed by atoms with Gasteiger partial charge in [-0.3, -0.25) is 4.79 Å². The molecule has 138 valence electrons. The summed E-state index contributed by atoms with van der Waals surface area (Å²) in [7, 11) is -0.508. The number of benzene rings is 1. The molecule has 0 unspecified atom stereocenters. The van der Waals surface area contributed by atoms with Gasteiger partial charge in [0.1, 0.15) is 5.60 Å². The fourth-order valence-electron chi connectivity index (χ4n) is 2.69. The van der Waals surface area contributed by atoms with Crippen molar-refractivity contribution in [2.75, 3.05) is 5.73 Å². The van der Waals surface area contributed by atoms with Gasteiger partial charge in [0, 0.05) is 5.69 Å². The van der Waals surface area contributed by atoms with Gasteiger partial charge in [0.05, 0.1) is 17.6 Å². The molecule has 25 heavy (non-hydrogen) atoms. The van der Waals surface area contributed by atoms with E-state index in [0.717, 1.165) is 16.6 Å². The van der Waals surface area contributed by atoms with Gasteiger partial charge in [0.2, 0.25) is 0 Å². The molecule has 0 radical (unpaired) electrons. The van der Waals surface area contributed by atoms with Crippen LogP contribution in [0.5, 0.6) is 0 Å². The molecule has 1 aliphatic rings. The number of hydrogen-bond donors (Lipinski definition) is 1. The van der Waals surface area contributed by atoms with E-state index >= 15 is 0 Å². The molecule has 6 heteroatoms. The van der Waals surface area contributed by atoms with Gasteiger partial charge in [0.25, 0.3) is 0 Å². The first kappa shape index (κ1) is 19.8. The lowest BCUT2D eigenvalue weighted by molar-refractivity contribution is -0.153. The summed E-state index contributed by atoms with van der Waals surface area (Å²) < 4.78 is 17.7. The maximum Gasteiger partial charge on any atom is 0.495 e. The highest BCUT2D eigenvalue weighted by atomic mass is 16.7. The fraction of sp³-hybridized carbons (Fsp3) is 0.632. The number of rotatable bonds is 3. The Morgan fingerprint density at radius 2 is 1.68 bits per heavy atom. The Hall–Kier alpha value is -1.53. The van der Waals surface area contributed by atoms with Crippen LogP contribution in [0.1, 0.15) is 59.6 Å². The number of ether oxygens (including phenoxy) is 1. The van der Waals surface area contributed by atoms with Crippen molar-refractivity contribution in [2.45, 2.75) is 78.6 Å². The van der Waals surface area contributed by atoms with E-state index in [9.17, 15) is 4.79 Å². The van der Waals surface area contributed by atoms with Gasteiger partial charge in [-0.2, -0.15) is 0 Å². The minimum absolute atomic E-state index is 0.161. The highest BCUT2D eigenvalue weighted by molar-refractivity contribution is 6.62. The summed E-state index contributed by atoms with van der Waals surface area (Å²) in [6.45, 7) is 15.5. The zero-order valence-corrected chi connectivity index (χ0v) is 16.6. The van der Waals surface area contributed by atoms with E-state index in [1.807, 2.05) is 67.5 Å². The van der Waals surface area contributed by atoms with Gasteiger partial charge >= 0.3 is 13.1 Å². The van der Waals surface area contributed by atoms with E-state index < -0.39 is 23.9 Å². The van der Waals surface area contributed by atoms with Gasteiger partial charge in [-0.05, 0) is 78.0 Å². The van der Waals surface area contributed by atoms with Crippen LogP contribution in [0.15, 0.2) is 12.1 Å². The van der Waals surface area contributed by atoms with Gasteiger partial charge in [-0.25, -0.2) is 0 Å². The van der Waals surface area contributed by atoms with Crippen molar-refractivity contribution in [1.29, 1.82) is 0 Å². The molecule has 0 spiro atoms. The summed E-state index contributed by atoms with van der Waals surface area (Å²) >= 11 is 0. The molecule has 1 aromatic carbocycles. The summed E-state index contributed by atoms with van der Waals surface area (Å²) in [6.07, 6.45) is 0.161. The largest absolute Gasteiger partial charge is 0.495 e. The third kappa shape index (κ3) is 4.36. The maximum atomic E-state index is 12.1. The number of nitrogen functional groups attached to an aromatic ring is 1. The van der Waals surface area contributed by atoms with E-state index in [2.05, 4.69) is 0 Å². The molecule has 0 aromatic heterocycles. The molecule has 0 atom stereocenters. The van der Waals surface area contributed by atoms with Gasteiger partial charge in [0.15, 0.2) is 0 Å². The Bertz CT molecular complexity index is 661. The standard InChI is InChI=1S/C19H30BNO4/c1-12-14(20-24-18(5,6)19(7,8)25-20)9-13(10-15(12)21)11-16(22)23-17(2,3)4/h9-10H,11,21H2,1-8H3. The molecular weight excluding hydrogens is 317 g/mol. The Morgan fingerprint density at radius 3 is 2.16 bits per heavy atom. The van der Waals surface area contributed by atoms with Crippen LogP contribution in [0.4, 0.5) is 5.69 Å². The summed E-state index contributed by atoms with van der Waals surface area (Å²) in [5.74, 6) is -0.282. The van der Waals surface area contributed by atoms with Crippen LogP contribution in [-0.2, 0) is 25.3 Å². The zero-order valence-electron chi connectivity index (χ0n) is 16.6. The second kappa shape index (κ2) is 6.33. The molecule has 1 saturated heterocycles. The number of hydrogen-bond acceptors (Lipinski definition) is 5. The highest BCUT2D eigenvalue weighted by Gasteiger charge is 2.52.